The predicted octanol–water partition coefficient (Wildman–Crippen LogP) is 3.17. The number of hydrogen-bond acceptors (Lipinski definition) is 2. The summed E-state index contributed by atoms with van der Waals surface area (Å²) in [6, 6.07) is 2.22. The molecule has 3 rings (SSSR count). The highest BCUT2D eigenvalue weighted by Crippen LogP contribution is 2.47. The molecule has 2 nitrogen and oxygen atoms in total. The lowest BCUT2D eigenvalue weighted by Crippen LogP contribution is -2.25. The molecule has 0 bridgehead atoms. The second kappa shape index (κ2) is 4.27. The number of phenolic OH excluding ortho intramolecular Hbond substituents is 1. The second-order valence-corrected chi connectivity index (χ2v) is 6.22. The van der Waals surface area contributed by atoms with Gasteiger partial charge < -0.3 is 10.0 Å². The lowest BCUT2D eigenvalue weighted by Gasteiger charge is -2.32. The summed E-state index contributed by atoms with van der Waals surface area (Å²) in [5.41, 5.74) is 5.29. The van der Waals surface area contributed by atoms with Crippen LogP contribution in [-0.4, -0.2) is 30.1 Å². The first-order valence-corrected chi connectivity index (χ1v) is 7.11. The molecule has 0 radical (unpaired) electrons. The summed E-state index contributed by atoms with van der Waals surface area (Å²) in [5, 5.41) is 10.4. The Labute approximate surface area is 110 Å². The van der Waals surface area contributed by atoms with Crippen LogP contribution in [0.1, 0.15) is 53.9 Å². The summed E-state index contributed by atoms with van der Waals surface area (Å²) in [6.07, 6.45) is 3.61. The largest absolute Gasteiger partial charge is 0.507 e. The van der Waals surface area contributed by atoms with Gasteiger partial charge in [-0.05, 0) is 61.8 Å². The molecule has 2 aliphatic rings. The molecule has 0 spiro atoms. The van der Waals surface area contributed by atoms with Gasteiger partial charge in [0, 0.05) is 18.7 Å². The molecule has 0 amide bonds. The van der Waals surface area contributed by atoms with Crippen molar-refractivity contribution in [2.24, 2.45) is 0 Å². The van der Waals surface area contributed by atoms with Crippen molar-refractivity contribution in [3.05, 3.63) is 28.3 Å². The number of benzene rings is 1. The SMILES string of the molecule is Cc1cc2c3c(c1O)C(C)CCC3CN(C)CC2. The molecule has 0 saturated carbocycles. The summed E-state index contributed by atoms with van der Waals surface area (Å²) in [4.78, 5) is 2.44. The topological polar surface area (TPSA) is 23.5 Å². The summed E-state index contributed by atoms with van der Waals surface area (Å²) in [7, 11) is 2.22. The third kappa shape index (κ3) is 1.74. The Kier molecular flexibility index (Phi) is 2.86. The first-order valence-electron chi connectivity index (χ1n) is 7.11. The van der Waals surface area contributed by atoms with Crippen molar-refractivity contribution >= 4 is 0 Å². The summed E-state index contributed by atoms with van der Waals surface area (Å²) in [6.45, 7) is 6.59. The molecule has 1 aromatic rings. The second-order valence-electron chi connectivity index (χ2n) is 6.22. The molecule has 0 aromatic heterocycles. The number of phenols is 1. The average molecular weight is 245 g/mol. The van der Waals surface area contributed by atoms with Gasteiger partial charge in [0.15, 0.2) is 0 Å². The normalized spacial score (nSPS) is 27.7. The van der Waals surface area contributed by atoms with E-state index in [1.54, 1.807) is 0 Å². The molecule has 2 heteroatoms. The molecule has 1 N–H and O–H groups in total. The minimum Gasteiger partial charge on any atom is -0.507 e. The minimum absolute atomic E-state index is 0.512. The van der Waals surface area contributed by atoms with E-state index in [1.165, 1.54) is 29.5 Å². The number of aryl methyl sites for hydroxylation is 1. The molecule has 1 aliphatic carbocycles. The first-order chi connectivity index (χ1) is 8.58. The Bertz CT molecular complexity index is 480. The van der Waals surface area contributed by atoms with E-state index >= 15 is 0 Å². The summed E-state index contributed by atoms with van der Waals surface area (Å²) in [5.74, 6) is 1.71. The first kappa shape index (κ1) is 12.0. The lowest BCUT2D eigenvalue weighted by molar-refractivity contribution is 0.308. The molecule has 2 unspecified atom stereocenters. The van der Waals surface area contributed by atoms with Crippen molar-refractivity contribution in [1.29, 1.82) is 0 Å². The van der Waals surface area contributed by atoms with Crippen LogP contribution in [-0.2, 0) is 6.42 Å². The van der Waals surface area contributed by atoms with Gasteiger partial charge in [-0.1, -0.05) is 13.0 Å². The zero-order valence-electron chi connectivity index (χ0n) is 11.7. The Morgan fingerprint density at radius 2 is 2.06 bits per heavy atom. The van der Waals surface area contributed by atoms with Crippen LogP contribution < -0.4 is 0 Å². The number of nitrogens with zero attached hydrogens (tertiary/aromatic N) is 1. The molecule has 1 aromatic carbocycles. The number of likely N-dealkylation sites (N-methyl/N-ethyl adjacent to an activating group) is 1. The number of aromatic hydroxyl groups is 1. The van der Waals surface area contributed by atoms with Crippen molar-refractivity contribution in [2.75, 3.05) is 20.1 Å². The summed E-state index contributed by atoms with van der Waals surface area (Å²) >= 11 is 0. The third-order valence-corrected chi connectivity index (χ3v) is 4.80. The Hall–Kier alpha value is -1.02. The van der Waals surface area contributed by atoms with Crippen LogP contribution in [0.4, 0.5) is 0 Å². The quantitative estimate of drug-likeness (QED) is 0.759. The van der Waals surface area contributed by atoms with Crippen LogP contribution >= 0.6 is 0 Å². The molecule has 2 atom stereocenters. The van der Waals surface area contributed by atoms with Gasteiger partial charge in [-0.3, -0.25) is 0 Å². The highest BCUT2D eigenvalue weighted by Gasteiger charge is 2.32. The molecule has 1 aliphatic heterocycles. The number of hydrogen-bond donors (Lipinski definition) is 1. The van der Waals surface area contributed by atoms with Gasteiger partial charge in [0.05, 0.1) is 0 Å². The molecular formula is C16H23NO. The Balaban J connectivity index is 2.21. The maximum absolute atomic E-state index is 10.4. The highest BCUT2D eigenvalue weighted by molar-refractivity contribution is 5.54. The van der Waals surface area contributed by atoms with E-state index in [0.29, 0.717) is 17.6 Å². The molecule has 1 heterocycles. The standard InChI is InChI=1S/C16H23NO/c1-10-4-5-13-9-17(3)7-6-12-8-11(2)16(18)14(10)15(12)13/h8,10,13,18H,4-7,9H2,1-3H3. The van der Waals surface area contributed by atoms with Crippen molar-refractivity contribution < 1.29 is 5.11 Å². The molecule has 0 saturated heterocycles. The fourth-order valence-corrected chi connectivity index (χ4v) is 3.81. The number of rotatable bonds is 0. The van der Waals surface area contributed by atoms with E-state index in [4.69, 9.17) is 0 Å². The fourth-order valence-electron chi connectivity index (χ4n) is 3.81. The lowest BCUT2D eigenvalue weighted by atomic mass is 9.74. The van der Waals surface area contributed by atoms with Gasteiger partial charge in [0.1, 0.15) is 5.75 Å². The van der Waals surface area contributed by atoms with Crippen LogP contribution in [0.3, 0.4) is 0 Å². The van der Waals surface area contributed by atoms with Gasteiger partial charge in [-0.15, -0.1) is 0 Å². The maximum Gasteiger partial charge on any atom is 0.122 e. The van der Waals surface area contributed by atoms with Gasteiger partial charge >= 0.3 is 0 Å². The van der Waals surface area contributed by atoms with Crippen molar-refractivity contribution in [3.8, 4) is 5.75 Å². The summed E-state index contributed by atoms with van der Waals surface area (Å²) < 4.78 is 0. The Morgan fingerprint density at radius 1 is 1.28 bits per heavy atom. The van der Waals surface area contributed by atoms with Crippen LogP contribution in [0.5, 0.6) is 5.75 Å². The van der Waals surface area contributed by atoms with Crippen molar-refractivity contribution in [2.45, 2.75) is 44.9 Å². The zero-order chi connectivity index (χ0) is 12.9. The monoisotopic (exact) mass is 245 g/mol. The molecular weight excluding hydrogens is 222 g/mol. The van der Waals surface area contributed by atoms with E-state index in [0.717, 1.165) is 25.1 Å². The minimum atomic E-state index is 0.512. The average Bonchev–Trinajstić information content (AvgIpc) is 2.48. The van der Waals surface area contributed by atoms with Crippen LogP contribution in [0.2, 0.25) is 0 Å². The fraction of sp³-hybridized carbons (Fsp3) is 0.625. The molecule has 98 valence electrons. The molecule has 18 heavy (non-hydrogen) atoms. The van der Waals surface area contributed by atoms with Crippen molar-refractivity contribution in [3.63, 3.8) is 0 Å². The van der Waals surface area contributed by atoms with E-state index in [-0.39, 0.29) is 0 Å². The van der Waals surface area contributed by atoms with Gasteiger partial charge in [0.25, 0.3) is 0 Å². The van der Waals surface area contributed by atoms with Gasteiger partial charge in [-0.25, -0.2) is 0 Å². The smallest absolute Gasteiger partial charge is 0.122 e. The van der Waals surface area contributed by atoms with E-state index in [9.17, 15) is 5.11 Å². The van der Waals surface area contributed by atoms with Crippen LogP contribution in [0.15, 0.2) is 6.07 Å². The van der Waals surface area contributed by atoms with Crippen LogP contribution in [0.25, 0.3) is 0 Å². The molecule has 0 fully saturated rings. The van der Waals surface area contributed by atoms with E-state index in [2.05, 4.69) is 24.9 Å². The van der Waals surface area contributed by atoms with Crippen LogP contribution in [0, 0.1) is 6.92 Å². The highest BCUT2D eigenvalue weighted by atomic mass is 16.3. The predicted molar refractivity (Wildman–Crippen MR) is 74.4 cm³/mol. The zero-order valence-corrected chi connectivity index (χ0v) is 11.7. The third-order valence-electron chi connectivity index (χ3n) is 4.80. The van der Waals surface area contributed by atoms with E-state index in [1.807, 2.05) is 6.92 Å². The van der Waals surface area contributed by atoms with E-state index < -0.39 is 0 Å². The van der Waals surface area contributed by atoms with Crippen molar-refractivity contribution in [1.82, 2.24) is 4.90 Å². The van der Waals surface area contributed by atoms with Gasteiger partial charge in [0.2, 0.25) is 0 Å². The van der Waals surface area contributed by atoms with Gasteiger partial charge in [-0.2, -0.15) is 0 Å². The Morgan fingerprint density at radius 3 is 2.83 bits per heavy atom. The maximum atomic E-state index is 10.4.